The molecule has 0 aromatic carbocycles. The minimum absolute atomic E-state index is 0.0147. The van der Waals surface area contributed by atoms with Gasteiger partial charge >= 0.3 is 5.97 Å². The van der Waals surface area contributed by atoms with Gasteiger partial charge in [-0.15, -0.1) is 0 Å². The topological polar surface area (TPSA) is 472 Å². The molecule has 30 heteroatoms. The van der Waals surface area contributed by atoms with Crippen molar-refractivity contribution < 1.29 is 148 Å². The van der Waals surface area contributed by atoms with Crippen LogP contribution in [0.4, 0.5) is 0 Å². The average molecular weight is 1350 g/mol. The molecule has 0 bridgehead atoms. The van der Waals surface area contributed by atoms with Crippen molar-refractivity contribution in [1.82, 2.24) is 0 Å². The first-order chi connectivity index (χ1) is 44.1. The normalized spacial score (nSPS) is 54.2. The summed E-state index contributed by atoms with van der Waals surface area (Å²) in [5.41, 5.74) is -1.75. The Balaban J connectivity index is 0.844. The minimum Gasteiger partial charge on any atom is -0.432 e. The fourth-order valence-electron chi connectivity index (χ4n) is 18.7. The Kier molecular flexibility index (Phi) is 21.4. The van der Waals surface area contributed by atoms with Crippen LogP contribution in [0, 0.1) is 50.2 Å². The molecule has 10 fully saturated rings. The molecule has 540 valence electrons. The van der Waals surface area contributed by atoms with E-state index in [9.17, 15) is 86.8 Å². The van der Waals surface area contributed by atoms with Crippen molar-refractivity contribution in [3.63, 3.8) is 0 Å². The summed E-state index contributed by atoms with van der Waals surface area (Å²) in [6, 6.07) is 0. The number of carbonyl (C=O) groups is 1. The van der Waals surface area contributed by atoms with Crippen LogP contribution in [0.15, 0.2) is 11.6 Å². The molecule has 36 atom stereocenters. The van der Waals surface area contributed by atoms with Gasteiger partial charge < -0.3 is 144 Å². The fourth-order valence-corrected chi connectivity index (χ4v) is 18.7. The summed E-state index contributed by atoms with van der Waals surface area (Å²) in [6.45, 7) is 14.1. The highest BCUT2D eigenvalue weighted by atomic mass is 16.8. The summed E-state index contributed by atoms with van der Waals surface area (Å²) in [6.07, 6.45) is -38.4. The standard InChI is InChI=1S/C64H104O30/c1-25-36(68)41(73)47(79)54(86-25)93-51-50(92-53-45(77)37(69)28(67)22-83-53)32(90-55-48(80)43(75)39(71)30(21-66)88-55)24-85-57(51)91-35-12-13-61(6)33(60(35,4)5)11-14-63(8)34(61)10-9-26-27-19-59(2,3)15-17-64(27,18-16-62(26,63)7)58(82)94-56-49(81)44(76)40(72)31(89-56)23-84-52-46(78)42(74)38(70)29(20-65)87-52/h9,25,27-57,65-81H,10-24H2,1-8H3/t25-,27+,28+,29+,30+,31+,32+,33?,34+,35-,36-,37-,38+,39+,40+,41+,42-,43-,44-,45+,46+,47+,48+,49+,50-,51+,52+,53+,54-,55-,56-,57+,61-,62+,63+,64-/m0/s1. The van der Waals surface area contributed by atoms with Gasteiger partial charge in [-0.2, -0.15) is 0 Å². The van der Waals surface area contributed by atoms with Gasteiger partial charge in [-0.05, 0) is 116 Å². The first kappa shape index (κ1) is 73.3. The Morgan fingerprint density at radius 3 is 1.70 bits per heavy atom. The molecule has 30 nitrogen and oxygen atoms in total. The number of aliphatic hydroxyl groups is 17. The van der Waals surface area contributed by atoms with Crippen LogP contribution in [-0.4, -0.2) is 304 Å². The van der Waals surface area contributed by atoms with E-state index in [2.05, 4.69) is 54.5 Å². The quantitative estimate of drug-likeness (QED) is 0.0421. The predicted molar refractivity (Wildman–Crippen MR) is 315 cm³/mol. The molecule has 6 saturated heterocycles. The molecule has 11 rings (SSSR count). The van der Waals surface area contributed by atoms with Gasteiger partial charge in [0.2, 0.25) is 6.29 Å². The summed E-state index contributed by atoms with van der Waals surface area (Å²) in [4.78, 5) is 15.3. The van der Waals surface area contributed by atoms with Gasteiger partial charge in [0.15, 0.2) is 31.5 Å². The average Bonchev–Trinajstić information content (AvgIpc) is 0.676. The molecule has 17 N–H and O–H groups in total. The molecular weight excluding hydrogens is 1250 g/mol. The summed E-state index contributed by atoms with van der Waals surface area (Å²) < 4.78 is 73.7. The van der Waals surface area contributed by atoms with Gasteiger partial charge in [-0.1, -0.05) is 60.1 Å². The van der Waals surface area contributed by atoms with E-state index in [1.807, 2.05) is 0 Å². The Morgan fingerprint density at radius 1 is 0.511 bits per heavy atom. The number of hydrogen-bond acceptors (Lipinski definition) is 30. The van der Waals surface area contributed by atoms with Crippen LogP contribution >= 0.6 is 0 Å². The van der Waals surface area contributed by atoms with E-state index in [1.54, 1.807) is 0 Å². The Labute approximate surface area is 545 Å². The van der Waals surface area contributed by atoms with Gasteiger partial charge in [-0.25, -0.2) is 0 Å². The smallest absolute Gasteiger partial charge is 0.315 e. The third kappa shape index (κ3) is 12.6. The number of hydrogen-bond donors (Lipinski definition) is 17. The Hall–Kier alpha value is -1.91. The van der Waals surface area contributed by atoms with Crippen LogP contribution in [0.2, 0.25) is 0 Å². The van der Waals surface area contributed by atoms with Crippen molar-refractivity contribution in [2.75, 3.05) is 33.0 Å². The maximum absolute atomic E-state index is 15.3. The fraction of sp³-hybridized carbons (Fsp3) is 0.953. The van der Waals surface area contributed by atoms with Crippen LogP contribution in [0.3, 0.4) is 0 Å². The lowest BCUT2D eigenvalue weighted by molar-refractivity contribution is -0.399. The summed E-state index contributed by atoms with van der Waals surface area (Å²) in [5.74, 6) is -0.776. The molecule has 0 amide bonds. The molecule has 94 heavy (non-hydrogen) atoms. The monoisotopic (exact) mass is 1350 g/mol. The predicted octanol–water partition coefficient (Wildman–Crippen LogP) is -4.08. The van der Waals surface area contributed by atoms with E-state index < -0.39 is 233 Å². The summed E-state index contributed by atoms with van der Waals surface area (Å²) in [5, 5.41) is 183. The molecule has 1 unspecified atom stereocenters. The summed E-state index contributed by atoms with van der Waals surface area (Å²) >= 11 is 0. The molecule has 0 aromatic heterocycles. The minimum atomic E-state index is -1.91. The lowest BCUT2D eigenvalue weighted by Crippen LogP contribution is -2.67. The van der Waals surface area contributed by atoms with Crippen LogP contribution in [0.25, 0.3) is 0 Å². The molecule has 4 saturated carbocycles. The molecule has 5 aliphatic carbocycles. The molecule has 6 heterocycles. The van der Waals surface area contributed by atoms with Crippen LogP contribution in [0.5, 0.6) is 0 Å². The van der Waals surface area contributed by atoms with Crippen molar-refractivity contribution in [2.24, 2.45) is 50.2 Å². The number of esters is 1. The molecule has 0 radical (unpaired) electrons. The molecule has 11 aliphatic rings. The lowest BCUT2D eigenvalue weighted by atomic mass is 9.33. The van der Waals surface area contributed by atoms with Crippen LogP contribution in [-0.2, 0) is 61.6 Å². The van der Waals surface area contributed by atoms with Crippen molar-refractivity contribution >= 4 is 5.97 Å². The van der Waals surface area contributed by atoms with Crippen LogP contribution in [0.1, 0.15) is 120 Å². The van der Waals surface area contributed by atoms with Gasteiger partial charge in [0.05, 0.1) is 50.7 Å². The van der Waals surface area contributed by atoms with E-state index in [1.165, 1.54) is 12.5 Å². The zero-order valence-electron chi connectivity index (χ0n) is 54.6. The van der Waals surface area contributed by atoms with Gasteiger partial charge in [0, 0.05) is 0 Å². The second-order valence-corrected chi connectivity index (χ2v) is 31.0. The second-order valence-electron chi connectivity index (χ2n) is 31.0. The summed E-state index contributed by atoms with van der Waals surface area (Å²) in [7, 11) is 0. The molecule has 6 aliphatic heterocycles. The zero-order chi connectivity index (χ0) is 68.4. The number of aliphatic hydroxyl groups excluding tert-OH is 17. The van der Waals surface area contributed by atoms with Crippen molar-refractivity contribution in [3.8, 4) is 0 Å². The zero-order valence-corrected chi connectivity index (χ0v) is 54.6. The van der Waals surface area contributed by atoms with E-state index in [-0.39, 0.29) is 34.0 Å². The number of carbonyl (C=O) groups excluding carboxylic acids is 1. The lowest BCUT2D eigenvalue weighted by Gasteiger charge is -2.71. The largest absolute Gasteiger partial charge is 0.432 e. The van der Waals surface area contributed by atoms with E-state index in [0.29, 0.717) is 51.4 Å². The first-order valence-corrected chi connectivity index (χ1v) is 33.5. The molecule has 0 spiro atoms. The third-order valence-corrected chi connectivity index (χ3v) is 24.8. The number of fused-ring (bicyclic) bond motifs is 7. The number of ether oxygens (including phenoxy) is 12. The van der Waals surface area contributed by atoms with Gasteiger partial charge in [0.1, 0.15) is 128 Å². The van der Waals surface area contributed by atoms with E-state index in [0.717, 1.165) is 12.8 Å². The highest BCUT2D eigenvalue weighted by Gasteiger charge is 2.71. The van der Waals surface area contributed by atoms with E-state index in [4.69, 9.17) is 56.8 Å². The Morgan fingerprint density at radius 2 is 1.05 bits per heavy atom. The second kappa shape index (κ2) is 27.5. The first-order valence-electron chi connectivity index (χ1n) is 33.5. The molecule has 0 aromatic rings. The molecular formula is C64H104O30. The van der Waals surface area contributed by atoms with Crippen molar-refractivity contribution in [1.29, 1.82) is 0 Å². The van der Waals surface area contributed by atoms with Crippen molar-refractivity contribution in [2.45, 2.75) is 298 Å². The Bertz CT molecular complexity index is 2640. The van der Waals surface area contributed by atoms with Crippen LogP contribution < -0.4 is 0 Å². The third-order valence-electron chi connectivity index (χ3n) is 24.8. The SMILES string of the molecule is C[C@@H]1O[C@@H](O[C@H]2[C@@H](O[C@H]3CC[C@@]4(C)C(CC[C@]5(C)[C@@H]4CC=C4[C@H]6CC(C)(C)CC[C@]6(C(=O)O[C@@H]6O[C@H](CO[C@@H]7O[C@H](CO)[C@@H](O)[C@H](O)[C@H]7O)[C@@H](O)[C@H](O)[C@H]6O)CC[C@]45C)C3(C)C)OC[C@@H](O[C@@H]3O[C@H](CO)[C@@H](O)[C@H](O)[C@H]3O)[C@@H]2O[C@H]2OC[C@@H](O)[C@H](O)[C@H]2O)[C@H](O)[C@H](O)[C@H]1O. The highest BCUT2D eigenvalue weighted by molar-refractivity contribution is 5.79. The van der Waals surface area contributed by atoms with E-state index >= 15 is 4.79 Å². The van der Waals surface area contributed by atoms with Gasteiger partial charge in [-0.3, -0.25) is 4.79 Å². The highest BCUT2D eigenvalue weighted by Crippen LogP contribution is 2.76. The number of allylic oxidation sites excluding steroid dienone is 2. The maximum atomic E-state index is 15.3. The number of rotatable bonds is 15. The van der Waals surface area contributed by atoms with Crippen molar-refractivity contribution in [3.05, 3.63) is 11.6 Å². The maximum Gasteiger partial charge on any atom is 0.315 e. The van der Waals surface area contributed by atoms with Gasteiger partial charge in [0.25, 0.3) is 0 Å².